The summed E-state index contributed by atoms with van der Waals surface area (Å²) in [4.78, 5) is 0. The van der Waals surface area contributed by atoms with Gasteiger partial charge in [0.25, 0.3) is 0 Å². The lowest BCUT2D eigenvalue weighted by Gasteiger charge is -2.29. The fourth-order valence-electron chi connectivity index (χ4n) is 2.73. The normalized spacial score (nSPS) is 47.1. The number of hydrogen-bond donors (Lipinski definition) is 1. The summed E-state index contributed by atoms with van der Waals surface area (Å²) in [5, 5.41) is 9.58. The van der Waals surface area contributed by atoms with Crippen molar-refractivity contribution in [2.45, 2.75) is 44.6 Å². The van der Waals surface area contributed by atoms with Crippen LogP contribution < -0.4 is 0 Å². The third-order valence-electron chi connectivity index (χ3n) is 3.29. The number of aliphatic hydroxyl groups excluding tert-OH is 1. The molecule has 1 heteroatoms. The summed E-state index contributed by atoms with van der Waals surface area (Å²) >= 11 is 0. The Bertz CT molecular complexity index is 122. The van der Waals surface area contributed by atoms with Crippen molar-refractivity contribution in [1.29, 1.82) is 0 Å². The van der Waals surface area contributed by atoms with E-state index in [1.807, 2.05) is 0 Å². The number of fused-ring (bicyclic) bond motifs is 1. The van der Waals surface area contributed by atoms with E-state index in [4.69, 9.17) is 0 Å². The van der Waals surface area contributed by atoms with Gasteiger partial charge >= 0.3 is 0 Å². The molecule has 2 aliphatic rings. The number of hydrogen-bond acceptors (Lipinski definition) is 1. The van der Waals surface area contributed by atoms with Crippen LogP contribution in [0.5, 0.6) is 0 Å². The van der Waals surface area contributed by atoms with E-state index in [-0.39, 0.29) is 6.10 Å². The Hall–Kier alpha value is -0.0400. The van der Waals surface area contributed by atoms with Gasteiger partial charge in [-0.25, -0.2) is 0 Å². The molecule has 0 bridgehead atoms. The molecule has 0 heterocycles. The molecular weight excluding hydrogens is 124 g/mol. The number of aliphatic hydroxyl groups is 1. The van der Waals surface area contributed by atoms with Gasteiger partial charge in [-0.1, -0.05) is 19.3 Å². The third kappa shape index (κ3) is 0.968. The zero-order valence-corrected chi connectivity index (χ0v) is 6.42. The molecule has 0 amide bonds. The summed E-state index contributed by atoms with van der Waals surface area (Å²) in [6.45, 7) is 0. The van der Waals surface area contributed by atoms with E-state index in [1.54, 1.807) is 0 Å². The molecular formula is C9H16O. The molecule has 0 aromatic heterocycles. The van der Waals surface area contributed by atoms with Crippen molar-refractivity contribution < 1.29 is 5.11 Å². The summed E-state index contributed by atoms with van der Waals surface area (Å²) in [7, 11) is 0. The number of rotatable bonds is 0. The lowest BCUT2D eigenvalue weighted by molar-refractivity contribution is 0.0477. The standard InChI is InChI=1S/C9H16O/c10-9-6-2-4-7-3-1-5-8(7)9/h7-10H,1-6H2. The molecule has 3 atom stereocenters. The Labute approximate surface area is 62.4 Å². The molecule has 0 radical (unpaired) electrons. The van der Waals surface area contributed by atoms with Crippen LogP contribution in [0.1, 0.15) is 38.5 Å². The second-order valence-electron chi connectivity index (χ2n) is 3.85. The van der Waals surface area contributed by atoms with Crippen molar-refractivity contribution in [1.82, 2.24) is 0 Å². The Balaban J connectivity index is 2.03. The van der Waals surface area contributed by atoms with Crippen molar-refractivity contribution in [3.8, 4) is 0 Å². The van der Waals surface area contributed by atoms with E-state index in [2.05, 4.69) is 0 Å². The summed E-state index contributed by atoms with van der Waals surface area (Å²) < 4.78 is 0. The molecule has 2 saturated carbocycles. The Morgan fingerprint density at radius 2 is 1.60 bits per heavy atom. The van der Waals surface area contributed by atoms with Crippen LogP contribution in [0.3, 0.4) is 0 Å². The van der Waals surface area contributed by atoms with Crippen LogP contribution in [-0.4, -0.2) is 11.2 Å². The highest BCUT2D eigenvalue weighted by Gasteiger charge is 2.35. The van der Waals surface area contributed by atoms with Gasteiger partial charge in [0.1, 0.15) is 0 Å². The predicted molar refractivity (Wildman–Crippen MR) is 40.7 cm³/mol. The van der Waals surface area contributed by atoms with Crippen LogP contribution in [0.2, 0.25) is 0 Å². The van der Waals surface area contributed by atoms with E-state index in [1.165, 1.54) is 32.1 Å². The molecule has 2 fully saturated rings. The third-order valence-corrected chi connectivity index (χ3v) is 3.29. The van der Waals surface area contributed by atoms with Crippen LogP contribution in [0.25, 0.3) is 0 Å². The van der Waals surface area contributed by atoms with Crippen LogP contribution in [0.15, 0.2) is 0 Å². The Morgan fingerprint density at radius 3 is 2.30 bits per heavy atom. The Kier molecular flexibility index (Phi) is 1.69. The molecule has 0 spiro atoms. The van der Waals surface area contributed by atoms with Gasteiger partial charge in [0, 0.05) is 0 Å². The van der Waals surface area contributed by atoms with E-state index in [0.717, 1.165) is 12.3 Å². The summed E-state index contributed by atoms with van der Waals surface area (Å²) in [6.07, 6.45) is 7.84. The van der Waals surface area contributed by atoms with Crippen LogP contribution in [0, 0.1) is 11.8 Å². The monoisotopic (exact) mass is 140 g/mol. The van der Waals surface area contributed by atoms with Gasteiger partial charge < -0.3 is 5.11 Å². The maximum Gasteiger partial charge on any atom is 0.0571 e. The zero-order chi connectivity index (χ0) is 6.97. The fraction of sp³-hybridized carbons (Fsp3) is 1.00. The minimum absolute atomic E-state index is 0.0567. The second-order valence-corrected chi connectivity index (χ2v) is 3.85. The molecule has 0 aliphatic heterocycles. The van der Waals surface area contributed by atoms with Gasteiger partial charge in [0.15, 0.2) is 0 Å². The molecule has 0 aromatic rings. The minimum atomic E-state index is 0.0567. The van der Waals surface area contributed by atoms with Crippen LogP contribution in [-0.2, 0) is 0 Å². The molecule has 0 aromatic carbocycles. The van der Waals surface area contributed by atoms with Crippen LogP contribution in [0.4, 0.5) is 0 Å². The minimum Gasteiger partial charge on any atom is -0.393 e. The van der Waals surface area contributed by atoms with Crippen molar-refractivity contribution >= 4 is 0 Å². The first kappa shape index (κ1) is 6.66. The second kappa shape index (κ2) is 2.54. The van der Waals surface area contributed by atoms with E-state index in [9.17, 15) is 5.11 Å². The molecule has 1 N–H and O–H groups in total. The summed E-state index contributed by atoms with van der Waals surface area (Å²) in [5.41, 5.74) is 0. The highest BCUT2D eigenvalue weighted by Crippen LogP contribution is 2.41. The zero-order valence-electron chi connectivity index (χ0n) is 6.42. The van der Waals surface area contributed by atoms with Gasteiger partial charge in [-0.05, 0) is 31.1 Å². The predicted octanol–water partition coefficient (Wildman–Crippen LogP) is 1.95. The van der Waals surface area contributed by atoms with E-state index < -0.39 is 0 Å². The van der Waals surface area contributed by atoms with Crippen molar-refractivity contribution in [2.75, 3.05) is 0 Å². The summed E-state index contributed by atoms with van der Waals surface area (Å²) in [6, 6.07) is 0. The molecule has 58 valence electrons. The Morgan fingerprint density at radius 1 is 0.900 bits per heavy atom. The highest BCUT2D eigenvalue weighted by molar-refractivity contribution is 4.86. The lowest BCUT2D eigenvalue weighted by Crippen LogP contribution is -2.28. The molecule has 2 aliphatic carbocycles. The first-order chi connectivity index (χ1) is 4.88. The van der Waals surface area contributed by atoms with Gasteiger partial charge in [-0.15, -0.1) is 0 Å². The topological polar surface area (TPSA) is 20.2 Å². The van der Waals surface area contributed by atoms with Gasteiger partial charge in [0.2, 0.25) is 0 Å². The smallest absolute Gasteiger partial charge is 0.0571 e. The average Bonchev–Trinajstić information content (AvgIpc) is 2.36. The fourth-order valence-corrected chi connectivity index (χ4v) is 2.73. The quantitative estimate of drug-likeness (QED) is 0.545. The van der Waals surface area contributed by atoms with E-state index >= 15 is 0 Å². The molecule has 0 saturated heterocycles. The highest BCUT2D eigenvalue weighted by atomic mass is 16.3. The lowest BCUT2D eigenvalue weighted by atomic mass is 9.80. The van der Waals surface area contributed by atoms with Gasteiger partial charge in [-0.3, -0.25) is 0 Å². The summed E-state index contributed by atoms with van der Waals surface area (Å²) in [5.74, 6) is 1.58. The average molecular weight is 140 g/mol. The first-order valence-electron chi connectivity index (χ1n) is 4.56. The molecule has 2 rings (SSSR count). The van der Waals surface area contributed by atoms with Crippen molar-refractivity contribution in [3.05, 3.63) is 0 Å². The largest absolute Gasteiger partial charge is 0.393 e. The molecule has 3 unspecified atom stereocenters. The van der Waals surface area contributed by atoms with Crippen LogP contribution >= 0.6 is 0 Å². The SMILES string of the molecule is OC1CCCC2CCCC12. The molecule has 1 nitrogen and oxygen atoms in total. The van der Waals surface area contributed by atoms with Gasteiger partial charge in [0.05, 0.1) is 6.10 Å². The van der Waals surface area contributed by atoms with Crippen molar-refractivity contribution in [3.63, 3.8) is 0 Å². The maximum atomic E-state index is 9.58. The molecule has 10 heavy (non-hydrogen) atoms. The van der Waals surface area contributed by atoms with Crippen molar-refractivity contribution in [2.24, 2.45) is 11.8 Å². The van der Waals surface area contributed by atoms with E-state index in [0.29, 0.717) is 5.92 Å². The maximum absolute atomic E-state index is 9.58. The first-order valence-corrected chi connectivity index (χ1v) is 4.56. The van der Waals surface area contributed by atoms with Gasteiger partial charge in [-0.2, -0.15) is 0 Å².